The number of guanidine groups is 1. The van der Waals surface area contributed by atoms with Crippen molar-refractivity contribution >= 4 is 35.6 Å². The monoisotopic (exact) mass is 555 g/mol. The zero-order valence-electron chi connectivity index (χ0n) is 19.1. The van der Waals surface area contributed by atoms with Gasteiger partial charge in [-0.2, -0.15) is 5.10 Å². The lowest BCUT2D eigenvalue weighted by atomic mass is 10.1. The Balaban J connectivity index is 0.00000289. The van der Waals surface area contributed by atoms with E-state index in [9.17, 15) is 0 Å². The number of ether oxygens (including phenoxy) is 2. The first-order valence-electron chi connectivity index (χ1n) is 11.0. The summed E-state index contributed by atoms with van der Waals surface area (Å²) in [5.74, 6) is 4.14. The molecule has 2 aliphatic heterocycles. The van der Waals surface area contributed by atoms with Gasteiger partial charge >= 0.3 is 0 Å². The van der Waals surface area contributed by atoms with Gasteiger partial charge in [-0.3, -0.25) is 4.99 Å². The molecule has 2 N–H and O–H groups in total. The minimum atomic E-state index is 0. The van der Waals surface area contributed by atoms with Crippen LogP contribution >= 0.6 is 24.0 Å². The molecule has 0 spiro atoms. The fraction of sp³-hybridized carbons (Fsp3) is 0.591. The number of nitrogens with zero attached hydrogens (tertiary/aromatic N) is 5. The van der Waals surface area contributed by atoms with Crippen LogP contribution in [0.15, 0.2) is 29.3 Å². The van der Waals surface area contributed by atoms with Gasteiger partial charge in [0.25, 0.3) is 0 Å². The lowest BCUT2D eigenvalue weighted by Gasteiger charge is -2.26. The van der Waals surface area contributed by atoms with Crippen LogP contribution in [0.2, 0.25) is 0 Å². The fourth-order valence-corrected chi connectivity index (χ4v) is 4.41. The van der Waals surface area contributed by atoms with E-state index in [0.717, 1.165) is 68.8 Å². The highest BCUT2D eigenvalue weighted by Gasteiger charge is 2.26. The summed E-state index contributed by atoms with van der Waals surface area (Å²) in [6.07, 6.45) is 3.06. The lowest BCUT2D eigenvalue weighted by molar-refractivity contribution is 0.177. The Morgan fingerprint density at radius 2 is 2.06 bits per heavy atom. The molecule has 0 bridgehead atoms. The number of benzene rings is 1. The third-order valence-corrected chi connectivity index (χ3v) is 6.01. The predicted molar refractivity (Wildman–Crippen MR) is 136 cm³/mol. The van der Waals surface area contributed by atoms with Crippen molar-refractivity contribution in [3.63, 3.8) is 0 Å². The topological polar surface area (TPSA) is 88.8 Å². The van der Waals surface area contributed by atoms with Crippen LogP contribution in [0.4, 0.5) is 5.69 Å². The van der Waals surface area contributed by atoms with Crippen LogP contribution < -0.4 is 20.3 Å². The molecule has 1 aromatic heterocycles. The Labute approximate surface area is 207 Å². The second-order valence-corrected chi connectivity index (χ2v) is 8.16. The van der Waals surface area contributed by atoms with Gasteiger partial charge in [0.05, 0.1) is 19.3 Å². The SMILES string of the molecule is CN=C(NCC1CCN(c2ccccc2OC)C1)NC1CCc2nc(COC)nn2C1.I. The van der Waals surface area contributed by atoms with E-state index in [-0.39, 0.29) is 30.0 Å². The minimum Gasteiger partial charge on any atom is -0.495 e. The molecular weight excluding hydrogens is 521 g/mol. The Morgan fingerprint density at radius 1 is 1.22 bits per heavy atom. The Hall–Kier alpha value is -2.08. The molecule has 2 aliphatic rings. The highest BCUT2D eigenvalue weighted by molar-refractivity contribution is 14.0. The van der Waals surface area contributed by atoms with Gasteiger partial charge in [-0.1, -0.05) is 12.1 Å². The van der Waals surface area contributed by atoms with Crippen molar-refractivity contribution in [2.24, 2.45) is 10.9 Å². The molecule has 1 fully saturated rings. The zero-order chi connectivity index (χ0) is 21.6. The summed E-state index contributed by atoms with van der Waals surface area (Å²) in [5.41, 5.74) is 1.17. The average molecular weight is 555 g/mol. The van der Waals surface area contributed by atoms with Crippen LogP contribution in [-0.2, 0) is 24.3 Å². The first-order chi connectivity index (χ1) is 15.2. The summed E-state index contributed by atoms with van der Waals surface area (Å²) in [4.78, 5) is 11.4. The van der Waals surface area contributed by atoms with Gasteiger partial charge in [0.1, 0.15) is 18.2 Å². The number of fused-ring (bicyclic) bond motifs is 1. The number of aliphatic imine (C=N–C) groups is 1. The second-order valence-electron chi connectivity index (χ2n) is 8.16. The molecule has 32 heavy (non-hydrogen) atoms. The molecule has 0 radical (unpaired) electrons. The van der Waals surface area contributed by atoms with E-state index in [0.29, 0.717) is 12.5 Å². The van der Waals surface area contributed by atoms with E-state index in [1.807, 2.05) is 23.9 Å². The predicted octanol–water partition coefficient (Wildman–Crippen LogP) is 2.06. The number of hydrogen-bond donors (Lipinski definition) is 2. The van der Waals surface area contributed by atoms with E-state index in [2.05, 4.69) is 42.7 Å². The van der Waals surface area contributed by atoms with E-state index in [1.165, 1.54) is 5.69 Å². The third kappa shape index (κ3) is 5.83. The van der Waals surface area contributed by atoms with Crippen molar-refractivity contribution in [1.29, 1.82) is 0 Å². The molecule has 3 heterocycles. The normalized spacial score (nSPS) is 20.5. The van der Waals surface area contributed by atoms with Gasteiger partial charge in [0.2, 0.25) is 0 Å². The molecule has 176 valence electrons. The Bertz CT molecular complexity index is 904. The quantitative estimate of drug-likeness (QED) is 0.307. The van der Waals surface area contributed by atoms with Gasteiger partial charge in [0, 0.05) is 46.3 Å². The Kier molecular flexibility index (Phi) is 8.97. The van der Waals surface area contributed by atoms with Crippen LogP contribution in [-0.4, -0.2) is 67.7 Å². The number of aromatic nitrogens is 3. The van der Waals surface area contributed by atoms with Crippen molar-refractivity contribution in [3.05, 3.63) is 35.9 Å². The zero-order valence-corrected chi connectivity index (χ0v) is 21.4. The van der Waals surface area contributed by atoms with Crippen LogP contribution in [0.5, 0.6) is 5.75 Å². The summed E-state index contributed by atoms with van der Waals surface area (Å²) < 4.78 is 12.7. The number of nitrogens with one attached hydrogen (secondary N) is 2. The molecule has 4 rings (SSSR count). The summed E-state index contributed by atoms with van der Waals surface area (Å²) in [5, 5.41) is 11.6. The number of rotatable bonds is 7. The van der Waals surface area contributed by atoms with Gasteiger partial charge in [-0.25, -0.2) is 9.67 Å². The lowest BCUT2D eigenvalue weighted by Crippen LogP contribution is -2.48. The van der Waals surface area contributed by atoms with Crippen LogP contribution in [0, 0.1) is 5.92 Å². The maximum absolute atomic E-state index is 5.53. The average Bonchev–Trinajstić information content (AvgIpc) is 3.43. The summed E-state index contributed by atoms with van der Waals surface area (Å²) in [7, 11) is 5.22. The molecule has 0 saturated carbocycles. The molecular formula is C22H34IN7O2. The molecule has 2 atom stereocenters. The van der Waals surface area contributed by atoms with E-state index in [1.54, 1.807) is 14.2 Å². The molecule has 2 aromatic rings. The summed E-state index contributed by atoms with van der Waals surface area (Å²) in [6, 6.07) is 8.52. The van der Waals surface area contributed by atoms with Gasteiger partial charge < -0.3 is 25.0 Å². The third-order valence-electron chi connectivity index (χ3n) is 6.01. The molecule has 2 unspecified atom stereocenters. The second kappa shape index (κ2) is 11.7. The van der Waals surface area contributed by atoms with Crippen molar-refractivity contribution < 1.29 is 9.47 Å². The fourth-order valence-electron chi connectivity index (χ4n) is 4.41. The van der Waals surface area contributed by atoms with Crippen molar-refractivity contribution in [1.82, 2.24) is 25.4 Å². The number of anilines is 1. The maximum Gasteiger partial charge on any atom is 0.191 e. The number of aryl methyl sites for hydroxylation is 1. The first kappa shape index (κ1) is 24.6. The van der Waals surface area contributed by atoms with Crippen molar-refractivity contribution in [2.75, 3.05) is 45.8 Å². The van der Waals surface area contributed by atoms with Gasteiger partial charge in [-0.15, -0.1) is 24.0 Å². The van der Waals surface area contributed by atoms with Gasteiger partial charge in [-0.05, 0) is 30.9 Å². The molecule has 9 nitrogen and oxygen atoms in total. The molecule has 1 saturated heterocycles. The van der Waals surface area contributed by atoms with Crippen molar-refractivity contribution in [3.8, 4) is 5.75 Å². The van der Waals surface area contributed by atoms with Crippen LogP contribution in [0.3, 0.4) is 0 Å². The smallest absolute Gasteiger partial charge is 0.191 e. The number of methoxy groups -OCH3 is 2. The maximum atomic E-state index is 5.53. The number of para-hydroxylation sites is 2. The highest BCUT2D eigenvalue weighted by Crippen LogP contribution is 2.31. The minimum absolute atomic E-state index is 0. The standard InChI is InChI=1S/C22H33N7O2.HI/c1-23-22(25-17-8-9-21-26-20(15-30-2)27-29(21)14-17)24-12-16-10-11-28(13-16)18-6-4-5-7-19(18)31-3;/h4-7,16-17H,8-15H2,1-3H3,(H2,23,24,25);1H. The summed E-state index contributed by atoms with van der Waals surface area (Å²) >= 11 is 0. The highest BCUT2D eigenvalue weighted by atomic mass is 127. The van der Waals surface area contributed by atoms with Crippen LogP contribution in [0.25, 0.3) is 0 Å². The van der Waals surface area contributed by atoms with Crippen molar-refractivity contribution in [2.45, 2.75) is 38.5 Å². The van der Waals surface area contributed by atoms with Crippen LogP contribution in [0.1, 0.15) is 24.5 Å². The first-order valence-corrected chi connectivity index (χ1v) is 11.0. The molecule has 0 amide bonds. The largest absolute Gasteiger partial charge is 0.495 e. The van der Waals surface area contributed by atoms with E-state index >= 15 is 0 Å². The number of hydrogen-bond acceptors (Lipinski definition) is 6. The summed E-state index contributed by atoms with van der Waals surface area (Å²) in [6.45, 7) is 4.19. The molecule has 10 heteroatoms. The van der Waals surface area contributed by atoms with E-state index in [4.69, 9.17) is 9.47 Å². The van der Waals surface area contributed by atoms with Gasteiger partial charge in [0.15, 0.2) is 11.8 Å². The van der Waals surface area contributed by atoms with E-state index < -0.39 is 0 Å². The number of halogens is 1. The molecule has 0 aliphatic carbocycles. The Morgan fingerprint density at radius 3 is 2.84 bits per heavy atom. The molecule has 1 aromatic carbocycles.